The first-order valence-electron chi connectivity index (χ1n) is 8.78. The van der Waals surface area contributed by atoms with E-state index in [1.807, 2.05) is 6.92 Å². The first-order chi connectivity index (χ1) is 10.1. The van der Waals surface area contributed by atoms with Crippen LogP contribution in [0.15, 0.2) is 0 Å². The number of hydrogen-bond acceptors (Lipinski definition) is 4. The molecule has 2 unspecified atom stereocenters. The SMILES string of the molecule is CCOC(=O)C1(NC2CC2)CCCC(N(C)CC2CC2)C1. The van der Waals surface area contributed by atoms with Gasteiger partial charge in [-0.15, -0.1) is 0 Å². The third kappa shape index (κ3) is 3.78. The highest BCUT2D eigenvalue weighted by molar-refractivity contribution is 5.81. The molecule has 0 aromatic heterocycles. The van der Waals surface area contributed by atoms with E-state index in [9.17, 15) is 4.79 Å². The Morgan fingerprint density at radius 1 is 1.29 bits per heavy atom. The Balaban J connectivity index is 1.66. The van der Waals surface area contributed by atoms with E-state index in [4.69, 9.17) is 4.74 Å². The Morgan fingerprint density at radius 2 is 2.05 bits per heavy atom. The van der Waals surface area contributed by atoms with Crippen molar-refractivity contribution < 1.29 is 9.53 Å². The number of rotatable bonds is 7. The van der Waals surface area contributed by atoms with Crippen molar-refractivity contribution in [3.8, 4) is 0 Å². The number of nitrogens with one attached hydrogen (secondary N) is 1. The van der Waals surface area contributed by atoms with E-state index < -0.39 is 5.54 Å². The summed E-state index contributed by atoms with van der Waals surface area (Å²) < 4.78 is 5.41. The lowest BCUT2D eigenvalue weighted by Gasteiger charge is -2.43. The number of esters is 1. The van der Waals surface area contributed by atoms with Gasteiger partial charge in [0.15, 0.2) is 0 Å². The molecule has 2 atom stereocenters. The van der Waals surface area contributed by atoms with Crippen molar-refractivity contribution in [3.63, 3.8) is 0 Å². The van der Waals surface area contributed by atoms with Crippen LogP contribution in [0.3, 0.4) is 0 Å². The van der Waals surface area contributed by atoms with Crippen LogP contribution in [0.4, 0.5) is 0 Å². The van der Waals surface area contributed by atoms with E-state index in [0.717, 1.165) is 25.2 Å². The molecule has 0 aromatic rings. The summed E-state index contributed by atoms with van der Waals surface area (Å²) in [5.41, 5.74) is -0.419. The second-order valence-electron chi connectivity index (χ2n) is 7.35. The molecule has 4 nitrogen and oxygen atoms in total. The molecule has 1 N–H and O–H groups in total. The van der Waals surface area contributed by atoms with E-state index >= 15 is 0 Å². The first-order valence-corrected chi connectivity index (χ1v) is 8.78. The minimum atomic E-state index is -0.419. The van der Waals surface area contributed by atoms with Crippen LogP contribution in [0.1, 0.15) is 58.3 Å². The smallest absolute Gasteiger partial charge is 0.326 e. The molecule has 0 bridgehead atoms. The topological polar surface area (TPSA) is 41.6 Å². The van der Waals surface area contributed by atoms with Crippen molar-refractivity contribution in [1.82, 2.24) is 10.2 Å². The summed E-state index contributed by atoms with van der Waals surface area (Å²) in [5, 5.41) is 3.64. The molecule has 21 heavy (non-hydrogen) atoms. The summed E-state index contributed by atoms with van der Waals surface area (Å²) >= 11 is 0. The van der Waals surface area contributed by atoms with E-state index in [2.05, 4.69) is 17.3 Å². The van der Waals surface area contributed by atoms with Gasteiger partial charge in [0.1, 0.15) is 5.54 Å². The molecule has 3 aliphatic carbocycles. The van der Waals surface area contributed by atoms with Gasteiger partial charge in [0.2, 0.25) is 0 Å². The lowest BCUT2D eigenvalue weighted by molar-refractivity contribution is -0.154. The van der Waals surface area contributed by atoms with Gasteiger partial charge in [-0.05, 0) is 71.3 Å². The molecule has 3 aliphatic rings. The third-order valence-corrected chi connectivity index (χ3v) is 5.32. The van der Waals surface area contributed by atoms with Crippen molar-refractivity contribution in [3.05, 3.63) is 0 Å². The predicted molar refractivity (Wildman–Crippen MR) is 83.1 cm³/mol. The number of nitrogens with zero attached hydrogens (tertiary/aromatic N) is 1. The highest BCUT2D eigenvalue weighted by Gasteiger charge is 2.47. The fourth-order valence-corrected chi connectivity index (χ4v) is 3.74. The van der Waals surface area contributed by atoms with Gasteiger partial charge < -0.3 is 9.64 Å². The quantitative estimate of drug-likeness (QED) is 0.732. The standard InChI is InChI=1S/C17H30N2O2/c1-3-21-16(20)17(18-14-8-9-14)10-4-5-15(11-17)19(2)12-13-6-7-13/h13-15,18H,3-12H2,1-2H3. The minimum Gasteiger partial charge on any atom is -0.465 e. The Morgan fingerprint density at radius 3 is 2.67 bits per heavy atom. The van der Waals surface area contributed by atoms with Crippen molar-refractivity contribution in [2.24, 2.45) is 5.92 Å². The van der Waals surface area contributed by atoms with Gasteiger partial charge in [-0.3, -0.25) is 10.1 Å². The average molecular weight is 294 g/mol. The van der Waals surface area contributed by atoms with Crippen LogP contribution in [0.25, 0.3) is 0 Å². The summed E-state index contributed by atoms with van der Waals surface area (Å²) in [4.78, 5) is 15.1. The van der Waals surface area contributed by atoms with Gasteiger partial charge in [-0.25, -0.2) is 0 Å². The molecule has 0 spiro atoms. The minimum absolute atomic E-state index is 0.0126. The molecule has 120 valence electrons. The van der Waals surface area contributed by atoms with Crippen LogP contribution >= 0.6 is 0 Å². The van der Waals surface area contributed by atoms with Gasteiger partial charge in [0.25, 0.3) is 0 Å². The number of carbonyl (C=O) groups excluding carboxylic acids is 1. The van der Waals surface area contributed by atoms with Gasteiger partial charge in [-0.2, -0.15) is 0 Å². The largest absolute Gasteiger partial charge is 0.465 e. The first kappa shape index (κ1) is 15.3. The molecule has 3 fully saturated rings. The van der Waals surface area contributed by atoms with E-state index in [1.54, 1.807) is 0 Å². The summed E-state index contributed by atoms with van der Waals surface area (Å²) in [5.74, 6) is 0.895. The number of ether oxygens (including phenoxy) is 1. The Hall–Kier alpha value is -0.610. The maximum Gasteiger partial charge on any atom is 0.326 e. The van der Waals surface area contributed by atoms with Crippen LogP contribution in [0.5, 0.6) is 0 Å². The molecule has 0 heterocycles. The molecule has 0 aliphatic heterocycles. The third-order valence-electron chi connectivity index (χ3n) is 5.32. The Kier molecular flexibility index (Phi) is 4.55. The van der Waals surface area contributed by atoms with Crippen molar-refractivity contribution in [2.45, 2.75) is 75.9 Å². The zero-order chi connectivity index (χ0) is 14.9. The van der Waals surface area contributed by atoms with Crippen LogP contribution in [-0.4, -0.2) is 48.7 Å². The van der Waals surface area contributed by atoms with Gasteiger partial charge >= 0.3 is 5.97 Å². The molecule has 3 saturated carbocycles. The maximum absolute atomic E-state index is 12.6. The normalized spacial score (nSPS) is 33.2. The summed E-state index contributed by atoms with van der Waals surface area (Å²) in [6, 6.07) is 1.07. The van der Waals surface area contributed by atoms with Crippen LogP contribution < -0.4 is 5.32 Å². The molecular formula is C17H30N2O2. The molecule has 0 amide bonds. The Labute approximate surface area is 128 Å². The molecule has 3 rings (SSSR count). The van der Waals surface area contributed by atoms with Crippen molar-refractivity contribution in [2.75, 3.05) is 20.2 Å². The molecule has 0 saturated heterocycles. The van der Waals surface area contributed by atoms with Gasteiger partial charge in [-0.1, -0.05) is 0 Å². The number of hydrogen-bond donors (Lipinski definition) is 1. The van der Waals surface area contributed by atoms with Gasteiger partial charge in [0.05, 0.1) is 6.61 Å². The fourth-order valence-electron chi connectivity index (χ4n) is 3.74. The fraction of sp³-hybridized carbons (Fsp3) is 0.941. The zero-order valence-corrected chi connectivity index (χ0v) is 13.6. The van der Waals surface area contributed by atoms with Crippen LogP contribution in [0.2, 0.25) is 0 Å². The molecule has 4 heteroatoms. The van der Waals surface area contributed by atoms with E-state index in [0.29, 0.717) is 18.7 Å². The molecule has 0 aromatic carbocycles. The van der Waals surface area contributed by atoms with Crippen LogP contribution in [0, 0.1) is 5.92 Å². The second-order valence-corrected chi connectivity index (χ2v) is 7.35. The summed E-state index contributed by atoms with van der Waals surface area (Å²) in [7, 11) is 2.24. The maximum atomic E-state index is 12.6. The summed E-state index contributed by atoms with van der Waals surface area (Å²) in [6.45, 7) is 3.59. The summed E-state index contributed by atoms with van der Waals surface area (Å²) in [6.07, 6.45) is 9.41. The molecular weight excluding hydrogens is 264 g/mol. The lowest BCUT2D eigenvalue weighted by Crippen LogP contribution is -2.59. The lowest BCUT2D eigenvalue weighted by atomic mass is 9.78. The van der Waals surface area contributed by atoms with Crippen molar-refractivity contribution in [1.29, 1.82) is 0 Å². The second kappa shape index (κ2) is 6.25. The highest BCUT2D eigenvalue weighted by atomic mass is 16.5. The number of carbonyl (C=O) groups is 1. The highest BCUT2D eigenvalue weighted by Crippen LogP contribution is 2.37. The van der Waals surface area contributed by atoms with Gasteiger partial charge in [0, 0.05) is 18.6 Å². The predicted octanol–water partition coefficient (Wildman–Crippen LogP) is 2.32. The van der Waals surface area contributed by atoms with Crippen molar-refractivity contribution >= 4 is 5.97 Å². The van der Waals surface area contributed by atoms with E-state index in [1.165, 1.54) is 38.6 Å². The zero-order valence-electron chi connectivity index (χ0n) is 13.6. The monoisotopic (exact) mass is 294 g/mol. The molecule has 0 radical (unpaired) electrons. The van der Waals surface area contributed by atoms with E-state index in [-0.39, 0.29) is 5.97 Å². The van der Waals surface area contributed by atoms with Crippen LogP contribution in [-0.2, 0) is 9.53 Å². The average Bonchev–Trinajstić information content (AvgIpc) is 3.36. The Bertz CT molecular complexity index is 379.